The van der Waals surface area contributed by atoms with E-state index >= 15 is 0 Å². The summed E-state index contributed by atoms with van der Waals surface area (Å²) in [4.78, 5) is 2.10. The summed E-state index contributed by atoms with van der Waals surface area (Å²) in [5.41, 5.74) is 0.258. The van der Waals surface area contributed by atoms with Crippen LogP contribution in [0.15, 0.2) is 12.1 Å². The minimum absolute atomic E-state index is 0. The van der Waals surface area contributed by atoms with E-state index in [-0.39, 0.29) is 41.4 Å². The van der Waals surface area contributed by atoms with Gasteiger partial charge in [0.2, 0.25) is 0 Å². The highest BCUT2D eigenvalue weighted by Crippen LogP contribution is 2.31. The molecule has 1 heterocycles. The number of rotatable bonds is 2. The number of nitrogens with one attached hydrogen (secondary N) is 1. The predicted octanol–water partition coefficient (Wildman–Crippen LogP) is 3.43. The van der Waals surface area contributed by atoms with Crippen molar-refractivity contribution in [2.24, 2.45) is 0 Å². The molecule has 1 aliphatic heterocycles. The maximum atomic E-state index is 13.7. The van der Waals surface area contributed by atoms with Crippen molar-refractivity contribution in [3.63, 3.8) is 0 Å². The lowest BCUT2D eigenvalue weighted by molar-refractivity contribution is 0.182. The SMILES string of the molecule is C[C@@H](c1c(F)ccc(F)c1Cl)N1CCNCC1.Cl.Cl. The van der Waals surface area contributed by atoms with Crippen LogP contribution in [-0.4, -0.2) is 31.1 Å². The van der Waals surface area contributed by atoms with Gasteiger partial charge in [0.05, 0.1) is 5.02 Å². The topological polar surface area (TPSA) is 15.3 Å². The first kappa shape index (κ1) is 18.9. The molecule has 110 valence electrons. The first-order valence-electron chi connectivity index (χ1n) is 5.69. The van der Waals surface area contributed by atoms with Crippen LogP contribution in [0.25, 0.3) is 0 Å². The molecule has 0 aromatic heterocycles. The predicted molar refractivity (Wildman–Crippen MR) is 78.7 cm³/mol. The van der Waals surface area contributed by atoms with Gasteiger partial charge in [-0.1, -0.05) is 11.6 Å². The molecule has 0 spiro atoms. The molecule has 0 saturated carbocycles. The zero-order valence-electron chi connectivity index (χ0n) is 10.5. The van der Waals surface area contributed by atoms with Gasteiger partial charge in [0.25, 0.3) is 0 Å². The fourth-order valence-electron chi connectivity index (χ4n) is 2.18. The second-order valence-electron chi connectivity index (χ2n) is 4.22. The second-order valence-corrected chi connectivity index (χ2v) is 4.60. The third-order valence-electron chi connectivity index (χ3n) is 3.20. The average molecular weight is 334 g/mol. The summed E-state index contributed by atoms with van der Waals surface area (Å²) >= 11 is 5.86. The Balaban J connectivity index is 0.00000162. The summed E-state index contributed by atoms with van der Waals surface area (Å²) in [5, 5.41) is 3.12. The molecule has 1 aromatic rings. The molecule has 1 aromatic carbocycles. The van der Waals surface area contributed by atoms with Gasteiger partial charge in [0, 0.05) is 37.8 Å². The summed E-state index contributed by atoms with van der Waals surface area (Å²) in [6.07, 6.45) is 0. The van der Waals surface area contributed by atoms with E-state index in [2.05, 4.69) is 10.2 Å². The van der Waals surface area contributed by atoms with Crippen LogP contribution in [0.4, 0.5) is 8.78 Å². The maximum absolute atomic E-state index is 13.7. The first-order chi connectivity index (χ1) is 8.11. The van der Waals surface area contributed by atoms with Crippen LogP contribution in [0.3, 0.4) is 0 Å². The van der Waals surface area contributed by atoms with E-state index in [1.54, 1.807) is 0 Å². The van der Waals surface area contributed by atoms with Crippen LogP contribution in [0.2, 0.25) is 5.02 Å². The number of piperazine rings is 1. The first-order valence-corrected chi connectivity index (χ1v) is 6.07. The Morgan fingerprint density at radius 1 is 1.16 bits per heavy atom. The molecular formula is C12H17Cl3F2N2. The third-order valence-corrected chi connectivity index (χ3v) is 3.58. The van der Waals surface area contributed by atoms with Gasteiger partial charge in [-0.05, 0) is 19.1 Å². The molecule has 19 heavy (non-hydrogen) atoms. The van der Waals surface area contributed by atoms with Crippen molar-refractivity contribution in [2.45, 2.75) is 13.0 Å². The number of hydrogen-bond donors (Lipinski definition) is 1. The van der Waals surface area contributed by atoms with Crippen molar-refractivity contribution in [2.75, 3.05) is 26.2 Å². The van der Waals surface area contributed by atoms with E-state index in [4.69, 9.17) is 11.6 Å². The Morgan fingerprint density at radius 2 is 1.68 bits per heavy atom. The van der Waals surface area contributed by atoms with Crippen LogP contribution < -0.4 is 5.32 Å². The van der Waals surface area contributed by atoms with Crippen LogP contribution in [0, 0.1) is 11.6 Å². The second kappa shape index (κ2) is 8.22. The Morgan fingerprint density at radius 3 is 2.26 bits per heavy atom. The molecule has 2 nitrogen and oxygen atoms in total. The van der Waals surface area contributed by atoms with Gasteiger partial charge in [-0.3, -0.25) is 4.90 Å². The van der Waals surface area contributed by atoms with Crippen molar-refractivity contribution in [3.8, 4) is 0 Å². The fraction of sp³-hybridized carbons (Fsp3) is 0.500. The fourth-order valence-corrected chi connectivity index (χ4v) is 2.49. The molecule has 1 fully saturated rings. The highest BCUT2D eigenvalue weighted by Gasteiger charge is 2.24. The Hall–Kier alpha value is -0.130. The molecule has 7 heteroatoms. The number of nitrogens with zero attached hydrogens (tertiary/aromatic N) is 1. The van der Waals surface area contributed by atoms with E-state index in [0.29, 0.717) is 0 Å². The molecule has 0 unspecified atom stereocenters. The van der Waals surface area contributed by atoms with Gasteiger partial charge in [0.15, 0.2) is 0 Å². The van der Waals surface area contributed by atoms with Gasteiger partial charge in [-0.15, -0.1) is 24.8 Å². The molecule has 0 bridgehead atoms. The van der Waals surface area contributed by atoms with Crippen molar-refractivity contribution in [1.29, 1.82) is 0 Å². The summed E-state index contributed by atoms with van der Waals surface area (Å²) < 4.78 is 27.1. The summed E-state index contributed by atoms with van der Waals surface area (Å²) in [6.45, 7) is 5.20. The van der Waals surface area contributed by atoms with Crippen LogP contribution in [-0.2, 0) is 0 Å². The van der Waals surface area contributed by atoms with Crippen molar-refractivity contribution < 1.29 is 8.78 Å². The quantitative estimate of drug-likeness (QED) is 0.834. The highest BCUT2D eigenvalue weighted by molar-refractivity contribution is 6.31. The zero-order chi connectivity index (χ0) is 12.4. The van der Waals surface area contributed by atoms with Gasteiger partial charge in [-0.2, -0.15) is 0 Å². The molecule has 0 radical (unpaired) electrons. The van der Waals surface area contributed by atoms with Gasteiger partial charge in [-0.25, -0.2) is 8.78 Å². The van der Waals surface area contributed by atoms with Gasteiger partial charge < -0.3 is 5.32 Å². The average Bonchev–Trinajstić information content (AvgIpc) is 2.35. The molecule has 1 atom stereocenters. The van der Waals surface area contributed by atoms with Gasteiger partial charge >= 0.3 is 0 Å². The molecular weight excluding hydrogens is 317 g/mol. The van der Waals surface area contributed by atoms with Crippen LogP contribution in [0.1, 0.15) is 18.5 Å². The highest BCUT2D eigenvalue weighted by atomic mass is 35.5. The van der Waals surface area contributed by atoms with Gasteiger partial charge in [0.1, 0.15) is 11.6 Å². The third kappa shape index (κ3) is 4.17. The molecule has 1 saturated heterocycles. The molecule has 2 rings (SSSR count). The minimum atomic E-state index is -0.565. The molecule has 0 amide bonds. The van der Waals surface area contributed by atoms with Crippen molar-refractivity contribution in [3.05, 3.63) is 34.4 Å². The largest absolute Gasteiger partial charge is 0.314 e. The van der Waals surface area contributed by atoms with E-state index in [0.717, 1.165) is 38.3 Å². The maximum Gasteiger partial charge on any atom is 0.142 e. The summed E-state index contributed by atoms with van der Waals surface area (Å²) in [5.74, 6) is -1.01. The Kier molecular flexibility index (Phi) is 8.17. The lowest BCUT2D eigenvalue weighted by Crippen LogP contribution is -2.44. The van der Waals surface area contributed by atoms with Crippen LogP contribution in [0.5, 0.6) is 0 Å². The molecule has 0 aliphatic carbocycles. The minimum Gasteiger partial charge on any atom is -0.314 e. The number of halogens is 5. The molecule has 1 aliphatic rings. The monoisotopic (exact) mass is 332 g/mol. The molecule has 1 N–H and O–H groups in total. The summed E-state index contributed by atoms with van der Waals surface area (Å²) in [6, 6.07) is 1.99. The Bertz CT molecular complexity index is 412. The van der Waals surface area contributed by atoms with Crippen LogP contribution >= 0.6 is 36.4 Å². The standard InChI is InChI=1S/C12H15ClF2N2.2ClH/c1-8(17-6-4-16-5-7-17)11-9(14)2-3-10(15)12(11)13;;/h2-3,8,16H,4-7H2,1H3;2*1H/t8-;;/m0../s1. The van der Waals surface area contributed by atoms with E-state index in [1.807, 2.05) is 6.92 Å². The van der Waals surface area contributed by atoms with E-state index in [9.17, 15) is 8.78 Å². The zero-order valence-corrected chi connectivity index (χ0v) is 12.8. The Labute approximate surface area is 129 Å². The van der Waals surface area contributed by atoms with E-state index < -0.39 is 11.6 Å². The lowest BCUT2D eigenvalue weighted by Gasteiger charge is -2.33. The lowest BCUT2D eigenvalue weighted by atomic mass is 10.1. The van der Waals surface area contributed by atoms with E-state index in [1.165, 1.54) is 0 Å². The number of hydrogen-bond acceptors (Lipinski definition) is 2. The smallest absolute Gasteiger partial charge is 0.142 e. The summed E-state index contributed by atoms with van der Waals surface area (Å²) in [7, 11) is 0. The normalized spacial score (nSPS) is 17.3. The van der Waals surface area contributed by atoms with Crippen molar-refractivity contribution in [1.82, 2.24) is 10.2 Å². The van der Waals surface area contributed by atoms with Crippen molar-refractivity contribution >= 4 is 36.4 Å². The number of benzene rings is 1.